The summed E-state index contributed by atoms with van der Waals surface area (Å²) in [4.78, 5) is 16.4. The first-order valence-electron chi connectivity index (χ1n) is 8.25. The summed E-state index contributed by atoms with van der Waals surface area (Å²) in [6.07, 6.45) is -4.40. The second kappa shape index (κ2) is 7.28. The smallest absolute Gasteiger partial charge is 0.388 e. The third kappa shape index (κ3) is 4.11. The summed E-state index contributed by atoms with van der Waals surface area (Å²) in [6, 6.07) is 10.0. The quantitative estimate of drug-likeness (QED) is 0.443. The van der Waals surface area contributed by atoms with Crippen molar-refractivity contribution < 1.29 is 22.0 Å². The normalized spacial score (nSPS) is 11.7. The Morgan fingerprint density at radius 1 is 1.00 bits per heavy atom. The van der Waals surface area contributed by atoms with Crippen LogP contribution in [0.15, 0.2) is 63.1 Å². The second-order valence-corrected chi connectivity index (χ2v) is 6.91. The summed E-state index contributed by atoms with van der Waals surface area (Å²) >= 11 is 1.24. The fourth-order valence-electron chi connectivity index (χ4n) is 2.58. The first-order chi connectivity index (χ1) is 13.8. The van der Waals surface area contributed by atoms with Crippen molar-refractivity contribution in [3.05, 3.63) is 81.5 Å². The Labute approximate surface area is 164 Å². The summed E-state index contributed by atoms with van der Waals surface area (Å²) in [5.74, 6) is -1.07. The molecule has 0 unspecified atom stereocenters. The molecule has 0 aliphatic rings. The van der Waals surface area contributed by atoms with Gasteiger partial charge in [-0.25, -0.2) is 14.2 Å². The molecule has 5 nitrogen and oxygen atoms in total. The van der Waals surface area contributed by atoms with Crippen LogP contribution in [-0.2, 0) is 12.7 Å². The van der Waals surface area contributed by atoms with Gasteiger partial charge in [0.15, 0.2) is 0 Å². The van der Waals surface area contributed by atoms with Gasteiger partial charge in [0.25, 0.3) is 0 Å². The molecule has 0 saturated carbocycles. The van der Waals surface area contributed by atoms with Crippen molar-refractivity contribution in [2.45, 2.75) is 12.7 Å². The highest BCUT2D eigenvalue weighted by Crippen LogP contribution is 2.31. The van der Waals surface area contributed by atoms with Crippen LogP contribution in [0.3, 0.4) is 0 Å². The number of nitrogens with zero attached hydrogens (tertiary/aromatic N) is 3. The first kappa shape index (κ1) is 19.1. The first-order valence-corrected chi connectivity index (χ1v) is 9.13. The summed E-state index contributed by atoms with van der Waals surface area (Å²) < 4.78 is 57.2. The zero-order chi connectivity index (χ0) is 20.6. The van der Waals surface area contributed by atoms with E-state index >= 15 is 0 Å². The van der Waals surface area contributed by atoms with E-state index in [2.05, 4.69) is 10.1 Å². The lowest BCUT2D eigenvalue weighted by atomic mass is 10.1. The molecule has 2 heterocycles. The number of aromatic nitrogens is 3. The van der Waals surface area contributed by atoms with E-state index in [0.29, 0.717) is 21.8 Å². The minimum atomic E-state index is -4.40. The van der Waals surface area contributed by atoms with Gasteiger partial charge in [0.2, 0.25) is 5.89 Å². The topological polar surface area (TPSA) is 60.9 Å². The Morgan fingerprint density at radius 2 is 1.66 bits per heavy atom. The maximum absolute atomic E-state index is 13.0. The summed E-state index contributed by atoms with van der Waals surface area (Å²) in [5.41, 5.74) is 0.756. The number of rotatable bonds is 4. The highest BCUT2D eigenvalue weighted by molar-refractivity contribution is 7.13. The largest absolute Gasteiger partial charge is 0.437 e. The summed E-state index contributed by atoms with van der Waals surface area (Å²) in [7, 11) is 0. The molecule has 0 aliphatic carbocycles. The molecule has 0 radical (unpaired) electrons. The molecule has 0 aliphatic heterocycles. The lowest BCUT2D eigenvalue weighted by Gasteiger charge is -2.06. The molecule has 4 rings (SSSR count). The van der Waals surface area contributed by atoms with E-state index in [4.69, 9.17) is 4.42 Å². The molecule has 2 aromatic carbocycles. The number of benzene rings is 2. The second-order valence-electron chi connectivity index (χ2n) is 6.06. The van der Waals surface area contributed by atoms with Crippen molar-refractivity contribution in [1.29, 1.82) is 0 Å². The van der Waals surface area contributed by atoms with Crippen LogP contribution in [0.25, 0.3) is 22.0 Å². The molecule has 0 spiro atoms. The van der Waals surface area contributed by atoms with Gasteiger partial charge >= 0.3 is 11.9 Å². The van der Waals surface area contributed by atoms with Gasteiger partial charge in [-0.1, -0.05) is 12.1 Å². The van der Waals surface area contributed by atoms with Gasteiger partial charge in [-0.15, -0.1) is 16.4 Å². The molecule has 0 saturated heterocycles. The van der Waals surface area contributed by atoms with E-state index in [-0.39, 0.29) is 12.4 Å². The van der Waals surface area contributed by atoms with Crippen LogP contribution in [-0.4, -0.2) is 14.8 Å². The Hall–Kier alpha value is -3.27. The Balaban J connectivity index is 1.54. The zero-order valence-electron chi connectivity index (χ0n) is 14.5. The average molecular weight is 421 g/mol. The van der Waals surface area contributed by atoms with Crippen LogP contribution in [0.2, 0.25) is 0 Å². The van der Waals surface area contributed by atoms with Crippen molar-refractivity contribution >= 4 is 11.3 Å². The van der Waals surface area contributed by atoms with Crippen molar-refractivity contribution in [2.75, 3.05) is 0 Å². The Morgan fingerprint density at radius 3 is 2.31 bits per heavy atom. The molecule has 2 aromatic heterocycles. The van der Waals surface area contributed by atoms with Gasteiger partial charge in [0, 0.05) is 16.5 Å². The third-order valence-corrected chi connectivity index (χ3v) is 4.96. The molecule has 0 atom stereocenters. The minimum Gasteiger partial charge on any atom is -0.388 e. The molecular formula is C19H11F4N3O2S. The van der Waals surface area contributed by atoms with Crippen LogP contribution in [0.5, 0.6) is 0 Å². The van der Waals surface area contributed by atoms with Gasteiger partial charge in [0.05, 0.1) is 17.8 Å². The average Bonchev–Trinajstić information content (AvgIpc) is 3.29. The Kier molecular flexibility index (Phi) is 4.79. The van der Waals surface area contributed by atoms with Crippen LogP contribution >= 0.6 is 11.3 Å². The van der Waals surface area contributed by atoms with E-state index in [1.165, 1.54) is 47.7 Å². The number of hydrogen-bond donors (Lipinski definition) is 0. The maximum atomic E-state index is 13.0. The minimum absolute atomic E-state index is 0.0284. The van der Waals surface area contributed by atoms with E-state index in [0.717, 1.165) is 16.8 Å². The van der Waals surface area contributed by atoms with Crippen LogP contribution < -0.4 is 5.76 Å². The molecule has 29 heavy (non-hydrogen) atoms. The molecule has 10 heteroatoms. The predicted octanol–water partition coefficient (Wildman–Crippen LogP) is 4.83. The number of halogens is 4. The fourth-order valence-corrected chi connectivity index (χ4v) is 3.40. The van der Waals surface area contributed by atoms with Crippen molar-refractivity contribution in [3.8, 4) is 22.0 Å². The van der Waals surface area contributed by atoms with Crippen LogP contribution in [0.4, 0.5) is 17.6 Å². The van der Waals surface area contributed by atoms with E-state index in [1.807, 2.05) is 0 Å². The molecule has 0 amide bonds. The number of alkyl halides is 3. The van der Waals surface area contributed by atoms with E-state index in [9.17, 15) is 22.4 Å². The molecule has 4 aromatic rings. The van der Waals surface area contributed by atoms with Gasteiger partial charge < -0.3 is 4.42 Å². The molecule has 0 bridgehead atoms. The molecule has 0 fully saturated rings. The van der Waals surface area contributed by atoms with Gasteiger partial charge in [-0.05, 0) is 36.4 Å². The van der Waals surface area contributed by atoms with Crippen LogP contribution in [0.1, 0.15) is 11.3 Å². The summed E-state index contributed by atoms with van der Waals surface area (Å²) in [5, 5.41) is 6.28. The van der Waals surface area contributed by atoms with Gasteiger partial charge in [0.1, 0.15) is 10.8 Å². The van der Waals surface area contributed by atoms with Gasteiger partial charge in [-0.2, -0.15) is 17.9 Å². The van der Waals surface area contributed by atoms with Crippen LogP contribution in [0, 0.1) is 5.82 Å². The highest BCUT2D eigenvalue weighted by Gasteiger charge is 2.30. The third-order valence-electron chi connectivity index (χ3n) is 4.02. The zero-order valence-corrected chi connectivity index (χ0v) is 15.3. The summed E-state index contributed by atoms with van der Waals surface area (Å²) in [6.45, 7) is 0.0284. The SMILES string of the molecule is O=c1oc(-c2ccc(F)cc2)nn1Cc1csc(-c2ccc(C(F)(F)F)cc2)n1. The van der Waals surface area contributed by atoms with Crippen molar-refractivity contribution in [3.63, 3.8) is 0 Å². The number of hydrogen-bond acceptors (Lipinski definition) is 5. The van der Waals surface area contributed by atoms with E-state index in [1.54, 1.807) is 5.38 Å². The molecule has 0 N–H and O–H groups in total. The van der Waals surface area contributed by atoms with Gasteiger partial charge in [-0.3, -0.25) is 0 Å². The highest BCUT2D eigenvalue weighted by atomic mass is 32.1. The lowest BCUT2D eigenvalue weighted by molar-refractivity contribution is -0.137. The molecule has 148 valence electrons. The predicted molar refractivity (Wildman–Crippen MR) is 97.8 cm³/mol. The lowest BCUT2D eigenvalue weighted by Crippen LogP contribution is -2.16. The Bertz CT molecular complexity index is 1190. The molecular weight excluding hydrogens is 410 g/mol. The monoisotopic (exact) mass is 421 g/mol. The van der Waals surface area contributed by atoms with E-state index < -0.39 is 23.3 Å². The standard InChI is InChI=1S/C19H11F4N3O2S/c20-14-7-3-11(4-8-14)16-25-26(18(27)28-16)9-15-10-29-17(24-15)12-1-5-13(6-2-12)19(21,22)23/h1-8,10H,9H2. The number of thiazole rings is 1. The fraction of sp³-hybridized carbons (Fsp3) is 0.105. The maximum Gasteiger partial charge on any atom is 0.437 e. The van der Waals surface area contributed by atoms with Crippen molar-refractivity contribution in [1.82, 2.24) is 14.8 Å². The van der Waals surface area contributed by atoms with Crippen molar-refractivity contribution in [2.24, 2.45) is 0 Å².